The fourth-order valence-corrected chi connectivity index (χ4v) is 2.13. The second-order valence-electron chi connectivity index (χ2n) is 5.11. The van der Waals surface area contributed by atoms with Crippen molar-refractivity contribution in [1.82, 2.24) is 5.32 Å². The van der Waals surface area contributed by atoms with E-state index in [-0.39, 0.29) is 11.9 Å². The number of primary amides is 1. The van der Waals surface area contributed by atoms with Crippen LogP contribution in [0.15, 0.2) is 18.2 Å². The summed E-state index contributed by atoms with van der Waals surface area (Å²) in [5.41, 5.74) is 7.91. The van der Waals surface area contributed by atoms with Crippen LogP contribution >= 0.6 is 0 Å². The summed E-state index contributed by atoms with van der Waals surface area (Å²) in [5, 5.41) is 3.27. The van der Waals surface area contributed by atoms with Crippen molar-refractivity contribution in [3.63, 3.8) is 0 Å². The third kappa shape index (κ3) is 2.86. The Morgan fingerprint density at radius 1 is 1.35 bits per heavy atom. The van der Waals surface area contributed by atoms with E-state index >= 15 is 0 Å². The van der Waals surface area contributed by atoms with Crippen molar-refractivity contribution in [3.05, 3.63) is 34.9 Å². The topological polar surface area (TPSA) is 55.1 Å². The predicted molar refractivity (Wildman–Crippen MR) is 70.7 cm³/mol. The Bertz CT molecular complexity index is 426. The first-order valence-electron chi connectivity index (χ1n) is 5.92. The van der Waals surface area contributed by atoms with Gasteiger partial charge in [0.15, 0.2) is 0 Å². The number of benzene rings is 1. The molecule has 1 rings (SSSR count). The lowest BCUT2D eigenvalue weighted by Crippen LogP contribution is -2.53. The first-order chi connectivity index (χ1) is 7.77. The molecule has 1 aromatic carbocycles. The molecule has 1 amide bonds. The Hall–Kier alpha value is -1.35. The monoisotopic (exact) mass is 234 g/mol. The van der Waals surface area contributed by atoms with Crippen LogP contribution in [0.5, 0.6) is 0 Å². The second-order valence-corrected chi connectivity index (χ2v) is 5.11. The van der Waals surface area contributed by atoms with E-state index < -0.39 is 5.54 Å². The molecule has 0 saturated carbocycles. The van der Waals surface area contributed by atoms with Gasteiger partial charge in [0, 0.05) is 6.04 Å². The van der Waals surface area contributed by atoms with Gasteiger partial charge in [0.25, 0.3) is 0 Å². The molecule has 0 aromatic heterocycles. The normalized spacial score (nSPS) is 14.7. The third-order valence-corrected chi connectivity index (χ3v) is 3.00. The minimum atomic E-state index is -0.815. The fraction of sp³-hybridized carbons (Fsp3) is 0.500. The van der Waals surface area contributed by atoms with Crippen LogP contribution in [-0.2, 0) is 10.3 Å². The van der Waals surface area contributed by atoms with E-state index in [1.165, 1.54) is 0 Å². The summed E-state index contributed by atoms with van der Waals surface area (Å²) in [4.78, 5) is 11.8. The van der Waals surface area contributed by atoms with Gasteiger partial charge in [-0.2, -0.15) is 0 Å². The van der Waals surface area contributed by atoms with Crippen molar-refractivity contribution >= 4 is 5.91 Å². The molecule has 0 heterocycles. The summed E-state index contributed by atoms with van der Waals surface area (Å²) in [6, 6.07) is 6.27. The Labute approximate surface area is 103 Å². The molecule has 1 aromatic rings. The number of aryl methyl sites for hydroxylation is 2. The molecule has 1 unspecified atom stereocenters. The van der Waals surface area contributed by atoms with Crippen LogP contribution in [0.3, 0.4) is 0 Å². The Morgan fingerprint density at radius 3 is 2.41 bits per heavy atom. The van der Waals surface area contributed by atoms with Crippen molar-refractivity contribution < 1.29 is 4.79 Å². The van der Waals surface area contributed by atoms with E-state index in [4.69, 9.17) is 5.73 Å². The number of amides is 1. The number of hydrogen-bond donors (Lipinski definition) is 2. The van der Waals surface area contributed by atoms with Crippen molar-refractivity contribution in [1.29, 1.82) is 0 Å². The van der Waals surface area contributed by atoms with Crippen LogP contribution in [0.4, 0.5) is 0 Å². The van der Waals surface area contributed by atoms with Crippen LogP contribution in [0.1, 0.15) is 37.5 Å². The number of nitrogens with one attached hydrogen (secondary N) is 1. The quantitative estimate of drug-likeness (QED) is 0.837. The molecule has 1 atom stereocenters. The van der Waals surface area contributed by atoms with Crippen LogP contribution in [0.2, 0.25) is 0 Å². The first kappa shape index (κ1) is 13.7. The Morgan fingerprint density at radius 2 is 1.94 bits per heavy atom. The largest absolute Gasteiger partial charge is 0.368 e. The number of rotatable bonds is 4. The highest BCUT2D eigenvalue weighted by molar-refractivity contribution is 5.86. The summed E-state index contributed by atoms with van der Waals surface area (Å²) in [7, 11) is 0. The molecular formula is C14H22N2O. The molecule has 0 radical (unpaired) electrons. The smallest absolute Gasteiger partial charge is 0.242 e. The highest BCUT2D eigenvalue weighted by atomic mass is 16.1. The molecular weight excluding hydrogens is 212 g/mol. The van der Waals surface area contributed by atoms with Crippen molar-refractivity contribution in [2.75, 3.05) is 0 Å². The highest BCUT2D eigenvalue weighted by Gasteiger charge is 2.34. The van der Waals surface area contributed by atoms with E-state index in [1.807, 2.05) is 52.8 Å². The average Bonchev–Trinajstić information content (AvgIpc) is 2.20. The molecule has 3 N–H and O–H groups in total. The number of carbonyl (C=O) groups is 1. The summed E-state index contributed by atoms with van der Waals surface area (Å²) < 4.78 is 0. The summed E-state index contributed by atoms with van der Waals surface area (Å²) >= 11 is 0. The van der Waals surface area contributed by atoms with Crippen LogP contribution < -0.4 is 11.1 Å². The molecule has 94 valence electrons. The van der Waals surface area contributed by atoms with E-state index in [0.29, 0.717) is 0 Å². The molecule has 0 aliphatic carbocycles. The van der Waals surface area contributed by atoms with Gasteiger partial charge in [0.05, 0.1) is 0 Å². The Kier molecular flexibility index (Phi) is 3.94. The van der Waals surface area contributed by atoms with E-state index in [1.54, 1.807) is 0 Å². The lowest BCUT2D eigenvalue weighted by atomic mass is 9.86. The summed E-state index contributed by atoms with van der Waals surface area (Å²) in [6.45, 7) is 9.87. The third-order valence-electron chi connectivity index (χ3n) is 3.00. The maximum absolute atomic E-state index is 11.8. The predicted octanol–water partition coefficient (Wildman–Crippen LogP) is 2.00. The summed E-state index contributed by atoms with van der Waals surface area (Å²) in [6.07, 6.45) is 0. The van der Waals surface area contributed by atoms with Crippen molar-refractivity contribution in [3.8, 4) is 0 Å². The molecule has 3 nitrogen and oxygen atoms in total. The molecule has 0 aliphatic rings. The zero-order valence-corrected chi connectivity index (χ0v) is 11.3. The lowest BCUT2D eigenvalue weighted by molar-refractivity contribution is -0.124. The van der Waals surface area contributed by atoms with Crippen molar-refractivity contribution in [2.45, 2.75) is 46.2 Å². The maximum atomic E-state index is 11.8. The standard InChI is InChI=1S/C14H22N2O/c1-9(2)16-14(5,13(15)17)12-8-10(3)6-7-11(12)4/h6-9,16H,1-5H3,(H2,15,17). The van der Waals surface area contributed by atoms with Gasteiger partial charge in [-0.1, -0.05) is 23.8 Å². The van der Waals surface area contributed by atoms with E-state index in [2.05, 4.69) is 5.32 Å². The van der Waals surface area contributed by atoms with Gasteiger partial charge in [-0.05, 0) is 45.7 Å². The molecule has 0 spiro atoms. The van der Waals surface area contributed by atoms with Crippen LogP contribution in [0, 0.1) is 13.8 Å². The van der Waals surface area contributed by atoms with Crippen LogP contribution in [-0.4, -0.2) is 11.9 Å². The van der Waals surface area contributed by atoms with E-state index in [0.717, 1.165) is 16.7 Å². The number of nitrogens with two attached hydrogens (primary N) is 1. The van der Waals surface area contributed by atoms with Gasteiger partial charge in [-0.25, -0.2) is 0 Å². The average molecular weight is 234 g/mol. The van der Waals surface area contributed by atoms with Gasteiger partial charge in [0.2, 0.25) is 5.91 Å². The summed E-state index contributed by atoms with van der Waals surface area (Å²) in [5.74, 6) is -0.347. The van der Waals surface area contributed by atoms with Gasteiger partial charge in [0.1, 0.15) is 5.54 Å². The van der Waals surface area contributed by atoms with E-state index in [9.17, 15) is 4.79 Å². The SMILES string of the molecule is Cc1ccc(C)c(C(C)(NC(C)C)C(N)=O)c1. The number of carbonyl (C=O) groups excluding carboxylic acids is 1. The highest BCUT2D eigenvalue weighted by Crippen LogP contribution is 2.25. The van der Waals surface area contributed by atoms with Crippen LogP contribution in [0.25, 0.3) is 0 Å². The molecule has 0 aliphatic heterocycles. The molecule has 0 fully saturated rings. The van der Waals surface area contributed by atoms with Gasteiger partial charge >= 0.3 is 0 Å². The van der Waals surface area contributed by atoms with Gasteiger partial charge in [-0.3, -0.25) is 10.1 Å². The molecule has 17 heavy (non-hydrogen) atoms. The molecule has 3 heteroatoms. The number of hydrogen-bond acceptors (Lipinski definition) is 2. The zero-order chi connectivity index (χ0) is 13.2. The fourth-order valence-electron chi connectivity index (χ4n) is 2.13. The lowest BCUT2D eigenvalue weighted by Gasteiger charge is -2.32. The molecule has 0 saturated heterocycles. The maximum Gasteiger partial charge on any atom is 0.242 e. The second kappa shape index (κ2) is 4.88. The van der Waals surface area contributed by atoms with Gasteiger partial charge < -0.3 is 5.73 Å². The van der Waals surface area contributed by atoms with Crippen molar-refractivity contribution in [2.24, 2.45) is 5.73 Å². The zero-order valence-electron chi connectivity index (χ0n) is 11.3. The Balaban J connectivity index is 3.31. The first-order valence-corrected chi connectivity index (χ1v) is 5.92. The molecule has 0 bridgehead atoms. The minimum absolute atomic E-state index is 0.187. The van der Waals surface area contributed by atoms with Gasteiger partial charge in [-0.15, -0.1) is 0 Å². The minimum Gasteiger partial charge on any atom is -0.368 e.